The molecule has 0 bridgehead atoms. The zero-order valence-electron chi connectivity index (χ0n) is 10.8. The Balaban J connectivity index is 1.60. The Hall–Kier alpha value is -1.80. The molecule has 3 heterocycles. The van der Waals surface area contributed by atoms with Gasteiger partial charge in [-0.3, -0.25) is 9.13 Å². The van der Waals surface area contributed by atoms with Crippen LogP contribution >= 0.6 is 24.4 Å². The van der Waals surface area contributed by atoms with E-state index in [2.05, 4.69) is 19.8 Å². The lowest BCUT2D eigenvalue weighted by molar-refractivity contribution is 0.256. The van der Waals surface area contributed by atoms with Crippen LogP contribution in [0, 0.1) is 0 Å². The lowest BCUT2D eigenvalue weighted by Gasteiger charge is -2.37. The largest absolute Gasteiger partial charge is 0.345 e. The van der Waals surface area contributed by atoms with E-state index in [1.165, 1.54) is 0 Å². The van der Waals surface area contributed by atoms with E-state index >= 15 is 0 Å². The summed E-state index contributed by atoms with van der Waals surface area (Å²) in [5.41, 5.74) is 0. The molecule has 0 radical (unpaired) electrons. The molecule has 8 heteroatoms. The molecule has 1 aliphatic rings. The van der Waals surface area contributed by atoms with Gasteiger partial charge in [-0.25, -0.2) is 9.97 Å². The summed E-state index contributed by atoms with van der Waals surface area (Å²) in [4.78, 5) is 12.4. The molecular formula is C12H14N6S2. The minimum absolute atomic E-state index is 0.788. The molecule has 2 aromatic rings. The molecule has 104 valence electrons. The molecule has 2 aromatic heterocycles. The second-order valence-corrected chi connectivity index (χ2v) is 5.21. The van der Waals surface area contributed by atoms with Crippen molar-refractivity contribution in [2.75, 3.05) is 26.2 Å². The maximum Gasteiger partial charge on any atom is 0.181 e. The number of nitrogens with zero attached hydrogens (tertiary/aromatic N) is 6. The fourth-order valence-electron chi connectivity index (χ4n) is 2.16. The molecule has 1 saturated heterocycles. The first-order chi connectivity index (χ1) is 9.75. The summed E-state index contributed by atoms with van der Waals surface area (Å²) < 4.78 is 3.72. The number of thiocarbonyl (C=S) groups is 2. The molecule has 0 unspecified atom stereocenters. The standard InChI is InChI=1S/C12H14N6S2/c19-11(17-3-1-13-9-17)15-5-7-16(8-6-15)12(20)18-4-2-14-10-18/h1-4,9-10H,5-8H2. The van der Waals surface area contributed by atoms with E-state index in [0.717, 1.165) is 36.4 Å². The van der Waals surface area contributed by atoms with Crippen LogP contribution in [-0.4, -0.2) is 65.3 Å². The number of hydrogen-bond donors (Lipinski definition) is 0. The third kappa shape index (κ3) is 2.56. The Morgan fingerprint density at radius 2 is 1.15 bits per heavy atom. The number of rotatable bonds is 0. The summed E-state index contributed by atoms with van der Waals surface area (Å²) in [6, 6.07) is 0. The quantitative estimate of drug-likeness (QED) is 0.666. The molecule has 1 aliphatic heterocycles. The van der Waals surface area contributed by atoms with Gasteiger partial charge in [0, 0.05) is 51.0 Å². The van der Waals surface area contributed by atoms with Crippen molar-refractivity contribution >= 4 is 34.7 Å². The first-order valence-corrected chi connectivity index (χ1v) is 7.12. The third-order valence-electron chi connectivity index (χ3n) is 3.27. The Bertz CT molecular complexity index is 529. The van der Waals surface area contributed by atoms with Crippen molar-refractivity contribution in [3.8, 4) is 0 Å². The summed E-state index contributed by atoms with van der Waals surface area (Å²) >= 11 is 10.9. The topological polar surface area (TPSA) is 42.1 Å². The highest BCUT2D eigenvalue weighted by molar-refractivity contribution is 7.80. The molecule has 20 heavy (non-hydrogen) atoms. The van der Waals surface area contributed by atoms with Crippen LogP contribution < -0.4 is 0 Å². The Kier molecular flexibility index (Phi) is 3.75. The van der Waals surface area contributed by atoms with Crippen molar-refractivity contribution in [2.24, 2.45) is 0 Å². The highest BCUT2D eigenvalue weighted by Gasteiger charge is 2.21. The van der Waals surface area contributed by atoms with Crippen molar-refractivity contribution in [3.05, 3.63) is 37.4 Å². The van der Waals surface area contributed by atoms with Crippen LogP contribution in [0.15, 0.2) is 37.4 Å². The second-order valence-electron chi connectivity index (χ2n) is 4.48. The van der Waals surface area contributed by atoms with E-state index in [-0.39, 0.29) is 0 Å². The van der Waals surface area contributed by atoms with Crippen molar-refractivity contribution in [1.82, 2.24) is 28.9 Å². The molecule has 0 amide bonds. The predicted molar refractivity (Wildman–Crippen MR) is 83.6 cm³/mol. The first-order valence-electron chi connectivity index (χ1n) is 6.30. The van der Waals surface area contributed by atoms with Gasteiger partial charge in [0.1, 0.15) is 12.7 Å². The van der Waals surface area contributed by atoms with E-state index in [9.17, 15) is 0 Å². The summed E-state index contributed by atoms with van der Waals surface area (Å²) in [5.74, 6) is 0. The molecule has 0 N–H and O–H groups in total. The maximum absolute atomic E-state index is 5.46. The SMILES string of the molecule is S=C(N1CCN(C(=S)n2ccnc2)CC1)n1ccnc1. The lowest BCUT2D eigenvalue weighted by Crippen LogP contribution is -2.52. The second kappa shape index (κ2) is 5.68. The van der Waals surface area contributed by atoms with E-state index in [0.29, 0.717) is 0 Å². The Morgan fingerprint density at radius 3 is 1.45 bits per heavy atom. The third-order valence-corrected chi connectivity index (χ3v) is 4.21. The number of imidazole rings is 2. The van der Waals surface area contributed by atoms with Gasteiger partial charge in [-0.1, -0.05) is 0 Å². The van der Waals surface area contributed by atoms with Gasteiger partial charge in [-0.15, -0.1) is 0 Å². The monoisotopic (exact) mass is 306 g/mol. The van der Waals surface area contributed by atoms with Crippen LogP contribution in [0.25, 0.3) is 0 Å². The molecule has 0 atom stereocenters. The van der Waals surface area contributed by atoms with E-state index in [4.69, 9.17) is 24.4 Å². The van der Waals surface area contributed by atoms with Gasteiger partial charge in [0.05, 0.1) is 0 Å². The normalized spacial score (nSPS) is 15.4. The summed E-state index contributed by atoms with van der Waals surface area (Å²) in [6.45, 7) is 3.41. The van der Waals surface area contributed by atoms with E-state index in [1.807, 2.05) is 21.5 Å². The number of piperazine rings is 1. The molecule has 0 aromatic carbocycles. The van der Waals surface area contributed by atoms with Gasteiger partial charge in [0.25, 0.3) is 0 Å². The molecule has 1 fully saturated rings. The van der Waals surface area contributed by atoms with Gasteiger partial charge >= 0.3 is 0 Å². The number of aromatic nitrogens is 4. The van der Waals surface area contributed by atoms with E-state index in [1.54, 1.807) is 25.0 Å². The highest BCUT2D eigenvalue weighted by Crippen LogP contribution is 2.07. The lowest BCUT2D eigenvalue weighted by atomic mass is 10.3. The van der Waals surface area contributed by atoms with Crippen molar-refractivity contribution < 1.29 is 0 Å². The van der Waals surface area contributed by atoms with Gasteiger partial charge in [-0.2, -0.15) is 0 Å². The molecule has 0 spiro atoms. The van der Waals surface area contributed by atoms with E-state index < -0.39 is 0 Å². The maximum atomic E-state index is 5.46. The average molecular weight is 306 g/mol. The van der Waals surface area contributed by atoms with Crippen LogP contribution in [0.5, 0.6) is 0 Å². The van der Waals surface area contributed by atoms with Crippen LogP contribution in [0.4, 0.5) is 0 Å². The van der Waals surface area contributed by atoms with Gasteiger partial charge in [-0.05, 0) is 24.4 Å². The Morgan fingerprint density at radius 1 is 0.750 bits per heavy atom. The highest BCUT2D eigenvalue weighted by atomic mass is 32.1. The predicted octanol–water partition coefficient (Wildman–Crippen LogP) is 0.663. The van der Waals surface area contributed by atoms with Gasteiger partial charge in [0.2, 0.25) is 0 Å². The average Bonchev–Trinajstić information content (AvgIpc) is 3.18. The van der Waals surface area contributed by atoms with Crippen LogP contribution in [-0.2, 0) is 0 Å². The van der Waals surface area contributed by atoms with Crippen LogP contribution in [0.3, 0.4) is 0 Å². The zero-order chi connectivity index (χ0) is 13.9. The fourth-order valence-corrected chi connectivity index (χ4v) is 2.74. The van der Waals surface area contributed by atoms with Crippen molar-refractivity contribution in [2.45, 2.75) is 0 Å². The van der Waals surface area contributed by atoms with Crippen LogP contribution in [0.2, 0.25) is 0 Å². The zero-order valence-corrected chi connectivity index (χ0v) is 12.4. The molecule has 0 saturated carbocycles. The minimum atomic E-state index is 0.788. The molecule has 6 nitrogen and oxygen atoms in total. The molecular weight excluding hydrogens is 292 g/mol. The Labute approximate surface area is 127 Å². The smallest absolute Gasteiger partial charge is 0.181 e. The molecule has 0 aliphatic carbocycles. The van der Waals surface area contributed by atoms with Crippen molar-refractivity contribution in [3.63, 3.8) is 0 Å². The summed E-state index contributed by atoms with van der Waals surface area (Å²) in [7, 11) is 0. The van der Waals surface area contributed by atoms with Crippen molar-refractivity contribution in [1.29, 1.82) is 0 Å². The fraction of sp³-hybridized carbons (Fsp3) is 0.333. The molecule has 3 rings (SSSR count). The van der Waals surface area contributed by atoms with Gasteiger partial charge < -0.3 is 9.80 Å². The van der Waals surface area contributed by atoms with Gasteiger partial charge in [0.15, 0.2) is 10.2 Å². The minimum Gasteiger partial charge on any atom is -0.345 e. The summed E-state index contributed by atoms with van der Waals surface area (Å²) in [6.07, 6.45) is 10.7. The first kappa shape index (κ1) is 13.2. The number of hydrogen-bond acceptors (Lipinski definition) is 4. The van der Waals surface area contributed by atoms with Crippen LogP contribution in [0.1, 0.15) is 0 Å². The summed E-state index contributed by atoms with van der Waals surface area (Å²) in [5, 5.41) is 1.58.